The standard InChI is InChI=1S/C11H16N4O/c1-8-7-15(5-4-13-8)9-2-3-10(11(12)16)14-6-9/h2-3,6,8,13H,4-5,7H2,1H3,(H2,12,16). The van der Waals surface area contributed by atoms with E-state index >= 15 is 0 Å². The molecule has 86 valence electrons. The van der Waals surface area contributed by atoms with E-state index in [0.29, 0.717) is 11.7 Å². The van der Waals surface area contributed by atoms with Crippen molar-refractivity contribution in [3.63, 3.8) is 0 Å². The number of hydrogen-bond donors (Lipinski definition) is 2. The number of carbonyl (C=O) groups is 1. The third-order valence-electron chi connectivity index (χ3n) is 2.73. The van der Waals surface area contributed by atoms with Gasteiger partial charge in [-0.05, 0) is 19.1 Å². The normalized spacial score (nSPS) is 20.8. The lowest BCUT2D eigenvalue weighted by Gasteiger charge is -2.33. The molecule has 1 aromatic rings. The van der Waals surface area contributed by atoms with Crippen LogP contribution < -0.4 is 16.0 Å². The van der Waals surface area contributed by atoms with Crippen LogP contribution in [0.3, 0.4) is 0 Å². The van der Waals surface area contributed by atoms with Crippen LogP contribution in [-0.2, 0) is 0 Å². The van der Waals surface area contributed by atoms with E-state index in [2.05, 4.69) is 22.1 Å². The molecular weight excluding hydrogens is 204 g/mol. The molecule has 1 amide bonds. The number of nitrogens with one attached hydrogen (secondary N) is 1. The van der Waals surface area contributed by atoms with Crippen molar-refractivity contribution in [1.29, 1.82) is 0 Å². The van der Waals surface area contributed by atoms with Crippen LogP contribution in [0.1, 0.15) is 17.4 Å². The quantitative estimate of drug-likeness (QED) is 0.734. The van der Waals surface area contributed by atoms with Gasteiger partial charge in [0, 0.05) is 25.7 Å². The Labute approximate surface area is 94.6 Å². The lowest BCUT2D eigenvalue weighted by Crippen LogP contribution is -2.49. The largest absolute Gasteiger partial charge is 0.367 e. The Morgan fingerprint density at radius 2 is 2.44 bits per heavy atom. The van der Waals surface area contributed by atoms with E-state index in [1.54, 1.807) is 12.3 Å². The average molecular weight is 220 g/mol. The fourth-order valence-corrected chi connectivity index (χ4v) is 1.89. The second kappa shape index (κ2) is 4.49. The molecule has 1 aromatic heterocycles. The van der Waals surface area contributed by atoms with Crippen molar-refractivity contribution < 1.29 is 4.79 Å². The zero-order valence-corrected chi connectivity index (χ0v) is 9.31. The lowest BCUT2D eigenvalue weighted by molar-refractivity contribution is 0.0995. The lowest BCUT2D eigenvalue weighted by atomic mass is 10.2. The second-order valence-corrected chi connectivity index (χ2v) is 4.07. The third-order valence-corrected chi connectivity index (χ3v) is 2.73. The molecule has 1 unspecified atom stereocenters. The van der Waals surface area contributed by atoms with Crippen LogP contribution in [-0.4, -0.2) is 36.6 Å². The van der Waals surface area contributed by atoms with Crippen molar-refractivity contribution in [2.24, 2.45) is 5.73 Å². The maximum absolute atomic E-state index is 10.9. The highest BCUT2D eigenvalue weighted by Gasteiger charge is 2.16. The number of rotatable bonds is 2. The van der Waals surface area contributed by atoms with Gasteiger partial charge in [0.2, 0.25) is 0 Å². The van der Waals surface area contributed by atoms with Gasteiger partial charge < -0.3 is 16.0 Å². The van der Waals surface area contributed by atoms with Crippen LogP contribution >= 0.6 is 0 Å². The van der Waals surface area contributed by atoms with Gasteiger partial charge in [-0.25, -0.2) is 4.98 Å². The Morgan fingerprint density at radius 1 is 1.62 bits per heavy atom. The number of nitrogens with two attached hydrogens (primary N) is 1. The van der Waals surface area contributed by atoms with Crippen molar-refractivity contribution >= 4 is 11.6 Å². The zero-order chi connectivity index (χ0) is 11.5. The molecule has 0 saturated carbocycles. The van der Waals surface area contributed by atoms with E-state index in [1.807, 2.05) is 6.07 Å². The Kier molecular flexibility index (Phi) is 3.05. The Morgan fingerprint density at radius 3 is 3.00 bits per heavy atom. The van der Waals surface area contributed by atoms with E-state index in [1.165, 1.54) is 0 Å². The van der Waals surface area contributed by atoms with Crippen LogP contribution in [0.4, 0.5) is 5.69 Å². The summed E-state index contributed by atoms with van der Waals surface area (Å²) < 4.78 is 0. The minimum absolute atomic E-state index is 0.312. The summed E-state index contributed by atoms with van der Waals surface area (Å²) in [6, 6.07) is 4.04. The first kappa shape index (κ1) is 10.9. The van der Waals surface area contributed by atoms with Crippen LogP contribution in [0.15, 0.2) is 18.3 Å². The van der Waals surface area contributed by atoms with Gasteiger partial charge in [0.25, 0.3) is 5.91 Å². The fourth-order valence-electron chi connectivity index (χ4n) is 1.89. The number of piperazine rings is 1. The molecule has 1 aliphatic heterocycles. The van der Waals surface area contributed by atoms with Gasteiger partial charge in [-0.1, -0.05) is 0 Å². The summed E-state index contributed by atoms with van der Waals surface area (Å²) in [5.41, 5.74) is 6.49. The molecule has 5 nitrogen and oxygen atoms in total. The van der Waals surface area contributed by atoms with Crippen LogP contribution in [0.5, 0.6) is 0 Å². The van der Waals surface area contributed by atoms with Gasteiger partial charge >= 0.3 is 0 Å². The molecule has 3 N–H and O–H groups in total. The van der Waals surface area contributed by atoms with E-state index in [4.69, 9.17) is 5.73 Å². The minimum atomic E-state index is -0.486. The highest BCUT2D eigenvalue weighted by Crippen LogP contribution is 2.14. The second-order valence-electron chi connectivity index (χ2n) is 4.07. The van der Waals surface area contributed by atoms with Crippen molar-refractivity contribution in [3.8, 4) is 0 Å². The SMILES string of the molecule is CC1CN(c2ccc(C(N)=O)nc2)CCN1. The molecule has 0 aliphatic carbocycles. The third kappa shape index (κ3) is 2.30. The number of anilines is 1. The van der Waals surface area contributed by atoms with Crippen molar-refractivity contribution in [3.05, 3.63) is 24.0 Å². The average Bonchev–Trinajstić information content (AvgIpc) is 2.29. The maximum atomic E-state index is 10.9. The predicted molar refractivity (Wildman–Crippen MR) is 62.4 cm³/mol. The number of hydrogen-bond acceptors (Lipinski definition) is 4. The van der Waals surface area contributed by atoms with Crippen LogP contribution in [0.2, 0.25) is 0 Å². The molecule has 0 bridgehead atoms. The van der Waals surface area contributed by atoms with Gasteiger partial charge in [0.1, 0.15) is 5.69 Å². The molecular formula is C11H16N4O. The van der Waals surface area contributed by atoms with Gasteiger partial charge in [0.15, 0.2) is 0 Å². The fraction of sp³-hybridized carbons (Fsp3) is 0.455. The summed E-state index contributed by atoms with van der Waals surface area (Å²) in [4.78, 5) is 17.2. The topological polar surface area (TPSA) is 71.2 Å². The van der Waals surface area contributed by atoms with Gasteiger partial charge in [0.05, 0.1) is 11.9 Å². The summed E-state index contributed by atoms with van der Waals surface area (Å²) in [5, 5.41) is 3.38. The molecule has 0 radical (unpaired) electrons. The van der Waals surface area contributed by atoms with Crippen molar-refractivity contribution in [1.82, 2.24) is 10.3 Å². The Hall–Kier alpha value is -1.62. The molecule has 2 heterocycles. The molecule has 1 fully saturated rings. The Bertz CT molecular complexity index is 376. The van der Waals surface area contributed by atoms with Crippen molar-refractivity contribution in [2.45, 2.75) is 13.0 Å². The van der Waals surface area contributed by atoms with Crippen LogP contribution in [0, 0.1) is 0 Å². The van der Waals surface area contributed by atoms with E-state index in [-0.39, 0.29) is 0 Å². The first-order valence-corrected chi connectivity index (χ1v) is 5.41. The molecule has 1 aliphatic rings. The summed E-state index contributed by atoms with van der Waals surface area (Å²) in [6.07, 6.45) is 1.71. The van der Waals surface area contributed by atoms with Gasteiger partial charge in [-0.3, -0.25) is 4.79 Å². The summed E-state index contributed by atoms with van der Waals surface area (Å²) >= 11 is 0. The molecule has 1 saturated heterocycles. The first-order chi connectivity index (χ1) is 7.66. The monoisotopic (exact) mass is 220 g/mol. The molecule has 5 heteroatoms. The van der Waals surface area contributed by atoms with Crippen LogP contribution in [0.25, 0.3) is 0 Å². The zero-order valence-electron chi connectivity index (χ0n) is 9.31. The minimum Gasteiger partial charge on any atom is -0.367 e. The molecule has 0 spiro atoms. The highest BCUT2D eigenvalue weighted by atomic mass is 16.1. The number of carbonyl (C=O) groups excluding carboxylic acids is 1. The smallest absolute Gasteiger partial charge is 0.267 e. The maximum Gasteiger partial charge on any atom is 0.267 e. The molecule has 0 aromatic carbocycles. The number of primary amides is 1. The summed E-state index contributed by atoms with van der Waals surface area (Å²) in [6.45, 7) is 5.04. The number of amides is 1. The summed E-state index contributed by atoms with van der Waals surface area (Å²) in [5.74, 6) is -0.486. The predicted octanol–water partition coefficient (Wildman–Crippen LogP) is -0.0214. The number of aromatic nitrogens is 1. The van der Waals surface area contributed by atoms with Gasteiger partial charge in [-0.2, -0.15) is 0 Å². The van der Waals surface area contributed by atoms with E-state index < -0.39 is 5.91 Å². The highest BCUT2D eigenvalue weighted by molar-refractivity contribution is 5.90. The first-order valence-electron chi connectivity index (χ1n) is 5.41. The van der Waals surface area contributed by atoms with Gasteiger partial charge in [-0.15, -0.1) is 0 Å². The number of nitrogens with zero attached hydrogens (tertiary/aromatic N) is 2. The molecule has 1 atom stereocenters. The van der Waals surface area contributed by atoms with E-state index in [0.717, 1.165) is 25.3 Å². The number of pyridine rings is 1. The Balaban J connectivity index is 2.11. The summed E-state index contributed by atoms with van der Waals surface area (Å²) in [7, 11) is 0. The van der Waals surface area contributed by atoms with Crippen molar-refractivity contribution in [2.75, 3.05) is 24.5 Å². The molecule has 16 heavy (non-hydrogen) atoms. The van der Waals surface area contributed by atoms with E-state index in [9.17, 15) is 4.79 Å². The molecule has 2 rings (SSSR count).